The molecule has 1 rings (SSSR count). The summed E-state index contributed by atoms with van der Waals surface area (Å²) in [5.74, 6) is 0.975. The van der Waals surface area contributed by atoms with Crippen LogP contribution in [0.2, 0.25) is 0 Å². The van der Waals surface area contributed by atoms with Crippen LogP contribution in [0.1, 0.15) is 38.3 Å². The summed E-state index contributed by atoms with van der Waals surface area (Å²) in [5, 5.41) is 0. The van der Waals surface area contributed by atoms with E-state index in [4.69, 9.17) is 10.5 Å². The van der Waals surface area contributed by atoms with Crippen molar-refractivity contribution >= 4 is 9.84 Å². The van der Waals surface area contributed by atoms with Crippen LogP contribution in [0, 0.1) is 0 Å². The lowest BCUT2D eigenvalue weighted by Crippen LogP contribution is -2.23. The third-order valence-corrected chi connectivity index (χ3v) is 4.63. The molecule has 0 radical (unpaired) electrons. The minimum absolute atomic E-state index is 0.00396. The van der Waals surface area contributed by atoms with E-state index in [2.05, 4.69) is 0 Å². The average Bonchev–Trinajstić information content (AvgIpc) is 2.36. The molecule has 0 aliphatic carbocycles. The summed E-state index contributed by atoms with van der Waals surface area (Å²) >= 11 is 0. The Morgan fingerprint density at radius 1 is 1.16 bits per heavy atom. The van der Waals surface area contributed by atoms with Crippen molar-refractivity contribution in [2.45, 2.75) is 32.7 Å². The number of hydrogen-bond acceptors (Lipinski definition) is 4. The van der Waals surface area contributed by atoms with E-state index in [1.807, 2.05) is 38.1 Å². The summed E-state index contributed by atoms with van der Waals surface area (Å²) in [6, 6.07) is 6.85. The highest BCUT2D eigenvalue weighted by molar-refractivity contribution is 7.91. The largest absolute Gasteiger partial charge is 0.494 e. The Morgan fingerprint density at radius 2 is 1.79 bits per heavy atom. The van der Waals surface area contributed by atoms with E-state index in [9.17, 15) is 8.42 Å². The second-order valence-corrected chi connectivity index (χ2v) is 6.87. The van der Waals surface area contributed by atoms with E-state index in [1.165, 1.54) is 0 Å². The standard InChI is InChI=1S/C14H23NO3S/c1-3-9-18-13-7-5-12(6-8-13)14(15)11-19(16,17)10-4-2/h5-8,14H,3-4,9-11,15H2,1-2H3. The van der Waals surface area contributed by atoms with Crippen molar-refractivity contribution in [1.82, 2.24) is 0 Å². The summed E-state index contributed by atoms with van der Waals surface area (Å²) in [7, 11) is -3.06. The molecule has 0 amide bonds. The van der Waals surface area contributed by atoms with Crippen molar-refractivity contribution in [3.05, 3.63) is 29.8 Å². The third kappa shape index (κ3) is 5.61. The van der Waals surface area contributed by atoms with Crippen molar-refractivity contribution < 1.29 is 13.2 Å². The highest BCUT2D eigenvalue weighted by Gasteiger charge is 2.16. The van der Waals surface area contributed by atoms with Crippen LogP contribution in [0.15, 0.2) is 24.3 Å². The van der Waals surface area contributed by atoms with Gasteiger partial charge in [-0.3, -0.25) is 0 Å². The quantitative estimate of drug-likeness (QED) is 0.795. The molecule has 0 saturated heterocycles. The molecule has 0 aliphatic heterocycles. The molecule has 5 heteroatoms. The summed E-state index contributed by atoms with van der Waals surface area (Å²) in [4.78, 5) is 0. The first-order valence-corrected chi connectivity index (χ1v) is 8.49. The van der Waals surface area contributed by atoms with E-state index >= 15 is 0 Å². The van der Waals surface area contributed by atoms with E-state index in [-0.39, 0.29) is 11.5 Å². The lowest BCUT2D eigenvalue weighted by Gasteiger charge is -2.13. The third-order valence-electron chi connectivity index (χ3n) is 2.73. The summed E-state index contributed by atoms with van der Waals surface area (Å²) < 4.78 is 28.9. The normalized spacial score (nSPS) is 13.2. The van der Waals surface area contributed by atoms with Gasteiger partial charge < -0.3 is 10.5 Å². The minimum atomic E-state index is -3.06. The van der Waals surface area contributed by atoms with E-state index in [1.54, 1.807) is 0 Å². The van der Waals surface area contributed by atoms with Crippen LogP contribution in [-0.4, -0.2) is 26.5 Å². The van der Waals surface area contributed by atoms with Crippen molar-refractivity contribution in [3.63, 3.8) is 0 Å². The summed E-state index contributed by atoms with van der Waals surface area (Å²) in [6.07, 6.45) is 1.58. The van der Waals surface area contributed by atoms with Gasteiger partial charge in [-0.25, -0.2) is 8.42 Å². The molecule has 4 nitrogen and oxygen atoms in total. The topological polar surface area (TPSA) is 69.4 Å². The Hall–Kier alpha value is -1.07. The lowest BCUT2D eigenvalue weighted by atomic mass is 10.1. The molecule has 19 heavy (non-hydrogen) atoms. The molecule has 0 spiro atoms. The van der Waals surface area contributed by atoms with Gasteiger partial charge in [0.1, 0.15) is 5.75 Å². The van der Waals surface area contributed by atoms with Gasteiger partial charge in [0.05, 0.1) is 12.4 Å². The van der Waals surface area contributed by atoms with Crippen LogP contribution in [0.5, 0.6) is 5.75 Å². The lowest BCUT2D eigenvalue weighted by molar-refractivity contribution is 0.317. The van der Waals surface area contributed by atoms with Crippen LogP contribution in [-0.2, 0) is 9.84 Å². The van der Waals surface area contributed by atoms with Gasteiger partial charge >= 0.3 is 0 Å². The van der Waals surface area contributed by atoms with Crippen molar-refractivity contribution in [1.29, 1.82) is 0 Å². The zero-order valence-electron chi connectivity index (χ0n) is 11.6. The molecule has 1 unspecified atom stereocenters. The Kier molecular flexibility index (Phi) is 6.31. The summed E-state index contributed by atoms with van der Waals surface area (Å²) in [6.45, 7) is 4.57. The average molecular weight is 285 g/mol. The van der Waals surface area contributed by atoms with E-state index < -0.39 is 15.9 Å². The van der Waals surface area contributed by atoms with Gasteiger partial charge in [0.2, 0.25) is 0 Å². The molecule has 0 aliphatic rings. The second kappa shape index (κ2) is 7.50. The maximum absolute atomic E-state index is 11.7. The molecule has 0 saturated carbocycles. The molecule has 0 heterocycles. The molecular weight excluding hydrogens is 262 g/mol. The number of nitrogens with two attached hydrogens (primary N) is 1. The monoisotopic (exact) mass is 285 g/mol. The van der Waals surface area contributed by atoms with Gasteiger partial charge in [0.15, 0.2) is 9.84 Å². The summed E-state index contributed by atoms with van der Waals surface area (Å²) in [5.41, 5.74) is 6.76. The fraction of sp³-hybridized carbons (Fsp3) is 0.571. The molecule has 2 N–H and O–H groups in total. The molecule has 0 fully saturated rings. The zero-order valence-corrected chi connectivity index (χ0v) is 12.4. The first-order valence-electron chi connectivity index (χ1n) is 6.67. The highest BCUT2D eigenvalue weighted by atomic mass is 32.2. The maximum Gasteiger partial charge on any atom is 0.152 e. The minimum Gasteiger partial charge on any atom is -0.494 e. The molecule has 1 aromatic rings. The van der Waals surface area contributed by atoms with Gasteiger partial charge in [0.25, 0.3) is 0 Å². The van der Waals surface area contributed by atoms with Crippen molar-refractivity contribution in [2.75, 3.05) is 18.1 Å². The van der Waals surface area contributed by atoms with Gasteiger partial charge in [0, 0.05) is 11.8 Å². The maximum atomic E-state index is 11.7. The van der Waals surface area contributed by atoms with Crippen LogP contribution >= 0.6 is 0 Å². The van der Waals surface area contributed by atoms with Gasteiger partial charge in [-0.2, -0.15) is 0 Å². The smallest absolute Gasteiger partial charge is 0.152 e. The number of rotatable bonds is 8. The Morgan fingerprint density at radius 3 is 2.32 bits per heavy atom. The van der Waals surface area contributed by atoms with Gasteiger partial charge in [-0.05, 0) is 30.5 Å². The van der Waals surface area contributed by atoms with Crippen LogP contribution in [0.25, 0.3) is 0 Å². The SMILES string of the molecule is CCCOc1ccc(C(N)CS(=O)(=O)CCC)cc1. The first kappa shape index (κ1) is 16.0. The molecule has 1 atom stereocenters. The van der Waals surface area contributed by atoms with Gasteiger partial charge in [-0.15, -0.1) is 0 Å². The fourth-order valence-corrected chi connectivity index (χ4v) is 3.32. The Balaban J connectivity index is 2.65. The number of benzene rings is 1. The fourth-order valence-electron chi connectivity index (χ4n) is 1.80. The number of sulfone groups is 1. The molecule has 0 aromatic heterocycles. The predicted molar refractivity (Wildman–Crippen MR) is 78.1 cm³/mol. The van der Waals surface area contributed by atoms with E-state index in [0.717, 1.165) is 17.7 Å². The number of hydrogen-bond donors (Lipinski definition) is 1. The van der Waals surface area contributed by atoms with E-state index in [0.29, 0.717) is 13.0 Å². The van der Waals surface area contributed by atoms with Crippen molar-refractivity contribution in [3.8, 4) is 5.75 Å². The number of ether oxygens (including phenoxy) is 1. The molecule has 1 aromatic carbocycles. The second-order valence-electron chi connectivity index (χ2n) is 4.64. The Bertz CT molecular complexity index is 468. The molecule has 0 bridgehead atoms. The predicted octanol–water partition coefficient (Wildman–Crippen LogP) is 2.30. The van der Waals surface area contributed by atoms with Crippen LogP contribution in [0.3, 0.4) is 0 Å². The molecule has 108 valence electrons. The van der Waals surface area contributed by atoms with Crippen LogP contribution < -0.4 is 10.5 Å². The van der Waals surface area contributed by atoms with Gasteiger partial charge in [-0.1, -0.05) is 26.0 Å². The van der Waals surface area contributed by atoms with Crippen molar-refractivity contribution in [2.24, 2.45) is 5.73 Å². The first-order chi connectivity index (χ1) is 8.98. The zero-order chi connectivity index (χ0) is 14.3. The Labute approximate surface area is 115 Å². The molecular formula is C14H23NO3S. The van der Waals surface area contributed by atoms with Crippen LogP contribution in [0.4, 0.5) is 0 Å². The highest BCUT2D eigenvalue weighted by Crippen LogP contribution is 2.18.